The Morgan fingerprint density at radius 1 is 0.526 bits per heavy atom. The smallest absolute Gasteiger partial charge is 0.257 e. The topological polar surface area (TPSA) is 46.9 Å². The maximum Gasteiger partial charge on any atom is 0.486 e. The highest BCUT2D eigenvalue weighted by Gasteiger charge is 2.88. The third-order valence-corrected chi connectivity index (χ3v) is 10.5. The molecule has 0 aliphatic rings. The third-order valence-electron chi connectivity index (χ3n) is 5.04. The van der Waals surface area contributed by atoms with Crippen LogP contribution in [0, 0.1) is 11.6 Å². The van der Waals surface area contributed by atoms with Gasteiger partial charge in [0.1, 0.15) is 11.6 Å². The van der Waals surface area contributed by atoms with E-state index in [0.29, 0.717) is 24.3 Å². The summed E-state index contributed by atoms with van der Waals surface area (Å²) < 4.78 is 178. The first kappa shape index (κ1) is 29.7. The summed E-state index contributed by atoms with van der Waals surface area (Å²) in [6.07, 6.45) is -7.27. The molecule has 0 radical (unpaired) electrons. The SMILES string of the molecule is O=S(=O)([OH+]S(c1ccccc1)(c1ccc(F)cc1)c1ccc(F)cc1)C(F)(F)C(F)(F)C(F)(F)C(F)(F)F. The average Bonchev–Trinajstić information content (AvgIpc) is 2.83. The Kier molecular flexibility index (Phi) is 7.59. The van der Waals surface area contributed by atoms with Crippen molar-refractivity contribution in [2.75, 3.05) is 0 Å². The highest BCUT2D eigenvalue weighted by atomic mass is 32.3. The normalized spacial score (nSPS) is 14.4. The van der Waals surface area contributed by atoms with Crippen molar-refractivity contribution in [3.8, 4) is 0 Å². The van der Waals surface area contributed by atoms with Crippen LogP contribution in [0.2, 0.25) is 0 Å². The van der Waals surface area contributed by atoms with E-state index in [-0.39, 0.29) is 4.90 Å². The monoisotopic (exact) mass is 599 g/mol. The maximum absolute atomic E-state index is 14.7. The van der Waals surface area contributed by atoms with Crippen LogP contribution in [0.1, 0.15) is 0 Å². The second kappa shape index (κ2) is 9.72. The Hall–Kier alpha value is -2.85. The second-order valence-corrected chi connectivity index (χ2v) is 12.1. The Bertz CT molecular complexity index is 1330. The minimum absolute atomic E-state index is 0.330. The van der Waals surface area contributed by atoms with E-state index in [9.17, 15) is 56.7 Å². The Labute approximate surface area is 209 Å². The van der Waals surface area contributed by atoms with Gasteiger partial charge in [0, 0.05) is 0 Å². The molecule has 0 amide bonds. The fourth-order valence-corrected chi connectivity index (χ4v) is 8.60. The lowest BCUT2D eigenvalue weighted by molar-refractivity contribution is -0.382. The molecule has 38 heavy (non-hydrogen) atoms. The molecule has 0 heterocycles. The average molecular weight is 599 g/mol. The lowest BCUT2D eigenvalue weighted by Crippen LogP contribution is -2.63. The van der Waals surface area contributed by atoms with Gasteiger partial charge >= 0.3 is 33.4 Å². The minimum Gasteiger partial charge on any atom is -0.257 e. The van der Waals surface area contributed by atoms with E-state index < -0.39 is 65.1 Å². The van der Waals surface area contributed by atoms with E-state index in [1.807, 2.05) is 0 Å². The first-order valence-electron chi connectivity index (χ1n) is 9.90. The summed E-state index contributed by atoms with van der Waals surface area (Å²) in [7, 11) is -11.5. The van der Waals surface area contributed by atoms with E-state index in [1.165, 1.54) is 18.2 Å². The predicted octanol–water partition coefficient (Wildman–Crippen LogP) is 8.01. The lowest BCUT2D eigenvalue weighted by atomic mass is 10.1. The summed E-state index contributed by atoms with van der Waals surface area (Å²) >= 11 is 0. The Balaban J connectivity index is 2.36. The summed E-state index contributed by atoms with van der Waals surface area (Å²) in [6, 6.07) is 12.0. The minimum atomic E-state index is -7.52. The standard InChI is InChI=1S/C22H13F11O3S2/c23-14-6-10-17(11-7-14)37(16-4-2-1-3-5-16,18-12-8-15(24)9-13-18)36-38(34,35)22(32,33)20(27,28)19(25,26)21(29,30)31/h1-13H/p+1. The Morgan fingerprint density at radius 2 is 0.895 bits per heavy atom. The molecule has 0 saturated carbocycles. The molecule has 3 aromatic rings. The molecule has 3 nitrogen and oxygen atoms in total. The fraction of sp³-hybridized carbons (Fsp3) is 0.182. The molecule has 0 unspecified atom stereocenters. The zero-order valence-electron chi connectivity index (χ0n) is 18.2. The van der Waals surface area contributed by atoms with Crippen molar-refractivity contribution in [2.45, 2.75) is 38.0 Å². The number of rotatable bonds is 8. The van der Waals surface area contributed by atoms with Crippen LogP contribution < -0.4 is 0 Å². The van der Waals surface area contributed by atoms with Crippen LogP contribution in [0.5, 0.6) is 0 Å². The van der Waals surface area contributed by atoms with Crippen LogP contribution in [-0.4, -0.2) is 35.3 Å². The second-order valence-electron chi connectivity index (χ2n) is 7.51. The van der Waals surface area contributed by atoms with Crippen LogP contribution in [0.25, 0.3) is 0 Å². The van der Waals surface area contributed by atoms with Crippen molar-refractivity contribution in [3.63, 3.8) is 0 Å². The first-order chi connectivity index (χ1) is 17.3. The third kappa shape index (κ3) is 4.73. The van der Waals surface area contributed by atoms with Crippen molar-refractivity contribution in [1.82, 2.24) is 0 Å². The summed E-state index contributed by atoms with van der Waals surface area (Å²) in [5, 5.41) is -7.11. The van der Waals surface area contributed by atoms with E-state index in [2.05, 4.69) is 3.63 Å². The zero-order valence-corrected chi connectivity index (χ0v) is 19.9. The first-order valence-corrected chi connectivity index (χ1v) is 12.9. The molecular weight excluding hydrogens is 585 g/mol. The molecule has 208 valence electrons. The van der Waals surface area contributed by atoms with Crippen molar-refractivity contribution >= 4 is 20.4 Å². The van der Waals surface area contributed by atoms with Crippen molar-refractivity contribution in [2.24, 2.45) is 0 Å². The predicted molar refractivity (Wildman–Crippen MR) is 114 cm³/mol. The van der Waals surface area contributed by atoms with Crippen LogP contribution in [0.3, 0.4) is 0 Å². The molecule has 0 spiro atoms. The maximum atomic E-state index is 14.7. The Morgan fingerprint density at radius 3 is 1.26 bits per heavy atom. The van der Waals surface area contributed by atoms with Crippen LogP contribution in [-0.2, 0) is 10.1 Å². The van der Waals surface area contributed by atoms with Crippen molar-refractivity contribution in [3.05, 3.63) is 90.5 Å². The largest absolute Gasteiger partial charge is 0.486 e. The molecule has 0 bridgehead atoms. The zero-order chi connectivity index (χ0) is 28.8. The van der Waals surface area contributed by atoms with Gasteiger partial charge in [0.05, 0.1) is 25.0 Å². The van der Waals surface area contributed by atoms with E-state index in [4.69, 9.17) is 0 Å². The molecule has 0 aromatic heterocycles. The van der Waals surface area contributed by atoms with Gasteiger partial charge in [-0.1, -0.05) is 18.2 Å². The molecule has 0 aliphatic carbocycles. The number of hydrogen-bond acceptors (Lipinski definition) is 2. The summed E-state index contributed by atoms with van der Waals surface area (Å²) in [5.74, 6) is -16.9. The van der Waals surface area contributed by atoms with Gasteiger partial charge < -0.3 is 0 Å². The van der Waals surface area contributed by atoms with Gasteiger partial charge in [0.25, 0.3) is 0 Å². The van der Waals surface area contributed by atoms with Gasteiger partial charge in [0.15, 0.2) is 0 Å². The summed E-state index contributed by atoms with van der Waals surface area (Å²) in [4.78, 5) is -1.22. The summed E-state index contributed by atoms with van der Waals surface area (Å²) in [5.41, 5.74) is 0. The van der Waals surface area contributed by atoms with Gasteiger partial charge in [-0.15, -0.1) is 8.42 Å². The molecule has 0 saturated heterocycles. The van der Waals surface area contributed by atoms with E-state index in [0.717, 1.165) is 36.4 Å². The van der Waals surface area contributed by atoms with Gasteiger partial charge in [-0.05, 0) is 60.7 Å². The highest BCUT2D eigenvalue weighted by Crippen LogP contribution is 2.69. The van der Waals surface area contributed by atoms with Gasteiger partial charge in [-0.2, -0.15) is 39.5 Å². The molecule has 0 aliphatic heterocycles. The number of halogens is 11. The van der Waals surface area contributed by atoms with Gasteiger partial charge in [0.2, 0.25) is 0 Å². The fourth-order valence-electron chi connectivity index (χ4n) is 3.13. The van der Waals surface area contributed by atoms with Crippen LogP contribution in [0.15, 0.2) is 93.5 Å². The molecule has 3 rings (SSSR count). The molecular formula is C22H14F11O3S2+. The van der Waals surface area contributed by atoms with Crippen LogP contribution in [0.4, 0.5) is 48.3 Å². The van der Waals surface area contributed by atoms with Gasteiger partial charge in [-0.3, -0.25) is 3.63 Å². The van der Waals surface area contributed by atoms with E-state index in [1.54, 1.807) is 0 Å². The molecule has 0 atom stereocenters. The number of hydrogen-bond donors (Lipinski definition) is 0. The molecule has 3 aromatic carbocycles. The number of benzene rings is 3. The number of alkyl halides is 9. The quantitative estimate of drug-likeness (QED) is 0.150. The van der Waals surface area contributed by atoms with Crippen molar-refractivity contribution < 1.29 is 60.3 Å². The van der Waals surface area contributed by atoms with Crippen molar-refractivity contribution in [1.29, 1.82) is 0 Å². The summed E-state index contributed by atoms with van der Waals surface area (Å²) in [6.45, 7) is 0. The van der Waals surface area contributed by atoms with Gasteiger partial charge in [-0.25, -0.2) is 8.78 Å². The molecule has 0 fully saturated rings. The molecule has 1 N–H and O–H groups in total. The lowest BCUT2D eigenvalue weighted by Gasteiger charge is -2.37. The van der Waals surface area contributed by atoms with E-state index >= 15 is 0 Å². The van der Waals surface area contributed by atoms with Crippen LogP contribution >= 0.6 is 10.3 Å². The highest BCUT2D eigenvalue weighted by molar-refractivity contribution is 8.32. The molecule has 16 heteroatoms.